The van der Waals surface area contributed by atoms with Crippen LogP contribution >= 0.6 is 0 Å². The van der Waals surface area contributed by atoms with E-state index >= 15 is 0 Å². The Bertz CT molecular complexity index is 325. The topological polar surface area (TPSA) is 43.2 Å². The van der Waals surface area contributed by atoms with Crippen LogP contribution in [0.25, 0.3) is 0 Å². The normalized spacial score (nSPS) is 29.4. The number of hydrogen-bond acceptors (Lipinski definition) is 4. The molecule has 3 unspecified atom stereocenters. The molecule has 2 heterocycles. The second-order valence-electron chi connectivity index (χ2n) is 4.96. The highest BCUT2D eigenvalue weighted by Crippen LogP contribution is 2.18. The van der Waals surface area contributed by atoms with Crippen LogP contribution in [0.5, 0.6) is 0 Å². The Morgan fingerprint density at radius 2 is 2.12 bits per heavy atom. The van der Waals surface area contributed by atoms with Crippen LogP contribution in [0.1, 0.15) is 40.0 Å². The van der Waals surface area contributed by atoms with Crippen molar-refractivity contribution in [2.75, 3.05) is 13.2 Å². The van der Waals surface area contributed by atoms with Crippen molar-refractivity contribution in [2.24, 2.45) is 15.9 Å². The van der Waals surface area contributed by atoms with Gasteiger partial charge in [-0.25, -0.2) is 9.98 Å². The average Bonchev–Trinajstić information content (AvgIpc) is 2.94. The van der Waals surface area contributed by atoms with Gasteiger partial charge in [0.15, 0.2) is 11.8 Å². The van der Waals surface area contributed by atoms with Gasteiger partial charge in [-0.3, -0.25) is 0 Å². The molecule has 2 aliphatic rings. The molecule has 0 aromatic carbocycles. The molecule has 0 aromatic rings. The number of rotatable bonds is 5. The van der Waals surface area contributed by atoms with Gasteiger partial charge in [0.25, 0.3) is 0 Å². The minimum atomic E-state index is 0.324. The molecule has 17 heavy (non-hydrogen) atoms. The lowest BCUT2D eigenvalue weighted by Gasteiger charge is -2.10. The first-order valence-corrected chi connectivity index (χ1v) is 6.59. The molecule has 2 rings (SSSR count). The molecular weight excluding hydrogens is 216 g/mol. The van der Waals surface area contributed by atoms with Crippen molar-refractivity contribution in [1.82, 2.24) is 0 Å². The van der Waals surface area contributed by atoms with Crippen LogP contribution in [0, 0.1) is 5.92 Å². The first kappa shape index (κ1) is 12.4. The fourth-order valence-electron chi connectivity index (χ4n) is 2.05. The van der Waals surface area contributed by atoms with E-state index in [-0.39, 0.29) is 0 Å². The zero-order chi connectivity index (χ0) is 12.3. The summed E-state index contributed by atoms with van der Waals surface area (Å²) in [6, 6.07) is 0.692. The smallest absolute Gasteiger partial charge is 0.186 e. The molecular formula is C13H22N2O2. The summed E-state index contributed by atoms with van der Waals surface area (Å²) in [6.07, 6.45) is 2.95. The summed E-state index contributed by atoms with van der Waals surface area (Å²) < 4.78 is 11.1. The van der Waals surface area contributed by atoms with Crippen LogP contribution in [-0.2, 0) is 9.47 Å². The summed E-state index contributed by atoms with van der Waals surface area (Å²) in [5.41, 5.74) is 0. The lowest BCUT2D eigenvalue weighted by molar-refractivity contribution is 0.292. The van der Waals surface area contributed by atoms with Gasteiger partial charge in [-0.05, 0) is 19.8 Å². The van der Waals surface area contributed by atoms with Gasteiger partial charge in [-0.1, -0.05) is 13.8 Å². The van der Waals surface area contributed by atoms with Gasteiger partial charge in [0.1, 0.15) is 13.2 Å². The van der Waals surface area contributed by atoms with Gasteiger partial charge < -0.3 is 9.47 Å². The van der Waals surface area contributed by atoms with Crippen molar-refractivity contribution in [2.45, 2.75) is 52.1 Å². The Kier molecular flexibility index (Phi) is 4.02. The maximum atomic E-state index is 5.62. The van der Waals surface area contributed by atoms with Gasteiger partial charge in [0.2, 0.25) is 0 Å². The molecule has 0 saturated heterocycles. The molecule has 0 bridgehead atoms. The predicted molar refractivity (Wildman–Crippen MR) is 68.7 cm³/mol. The summed E-state index contributed by atoms with van der Waals surface area (Å²) in [7, 11) is 0. The van der Waals surface area contributed by atoms with Crippen LogP contribution in [0.2, 0.25) is 0 Å². The Labute approximate surface area is 103 Å². The number of hydrogen-bond donors (Lipinski definition) is 0. The molecule has 0 saturated carbocycles. The quantitative estimate of drug-likeness (QED) is 0.738. The van der Waals surface area contributed by atoms with Gasteiger partial charge in [0.05, 0.1) is 12.1 Å². The number of ether oxygens (including phenoxy) is 2. The van der Waals surface area contributed by atoms with E-state index in [1.165, 1.54) is 0 Å². The van der Waals surface area contributed by atoms with Crippen molar-refractivity contribution in [1.29, 1.82) is 0 Å². The average molecular weight is 238 g/mol. The Morgan fingerprint density at radius 1 is 1.29 bits per heavy atom. The minimum absolute atomic E-state index is 0.324. The highest BCUT2D eigenvalue weighted by Gasteiger charge is 2.23. The van der Waals surface area contributed by atoms with E-state index in [2.05, 4.69) is 30.8 Å². The van der Waals surface area contributed by atoms with Crippen molar-refractivity contribution < 1.29 is 9.47 Å². The molecule has 4 heteroatoms. The lowest BCUT2D eigenvalue weighted by atomic mass is 10.1. The third-order valence-electron chi connectivity index (χ3n) is 3.27. The summed E-state index contributed by atoms with van der Waals surface area (Å²) in [5.74, 6) is 2.19. The minimum Gasteiger partial charge on any atom is -0.479 e. The first-order valence-electron chi connectivity index (χ1n) is 6.59. The van der Waals surface area contributed by atoms with Crippen LogP contribution < -0.4 is 0 Å². The second kappa shape index (κ2) is 5.52. The van der Waals surface area contributed by atoms with E-state index in [1.54, 1.807) is 0 Å². The van der Waals surface area contributed by atoms with Crippen molar-refractivity contribution in [3.63, 3.8) is 0 Å². The molecule has 0 spiro atoms. The summed E-state index contributed by atoms with van der Waals surface area (Å²) >= 11 is 0. The Hall–Kier alpha value is -1.06. The lowest BCUT2D eigenvalue weighted by Crippen LogP contribution is -2.13. The molecule has 0 aromatic heterocycles. The molecule has 0 aliphatic carbocycles. The molecule has 0 radical (unpaired) electrons. The van der Waals surface area contributed by atoms with Gasteiger partial charge >= 0.3 is 0 Å². The van der Waals surface area contributed by atoms with Gasteiger partial charge in [-0.15, -0.1) is 0 Å². The van der Waals surface area contributed by atoms with E-state index < -0.39 is 0 Å². The first-order chi connectivity index (χ1) is 8.19. The SMILES string of the molecule is CCC1COC(C(C)CCC2=NC(C)CO2)=N1. The third kappa shape index (κ3) is 3.20. The van der Waals surface area contributed by atoms with E-state index in [4.69, 9.17) is 9.47 Å². The highest BCUT2D eigenvalue weighted by atomic mass is 16.5. The summed E-state index contributed by atoms with van der Waals surface area (Å²) in [5, 5.41) is 0. The van der Waals surface area contributed by atoms with Crippen molar-refractivity contribution >= 4 is 11.8 Å². The van der Waals surface area contributed by atoms with Crippen LogP contribution in [0.15, 0.2) is 9.98 Å². The fourth-order valence-corrected chi connectivity index (χ4v) is 2.05. The highest BCUT2D eigenvalue weighted by molar-refractivity contribution is 5.82. The van der Waals surface area contributed by atoms with Crippen LogP contribution in [0.4, 0.5) is 0 Å². The van der Waals surface area contributed by atoms with Gasteiger partial charge in [0, 0.05) is 12.3 Å². The maximum absolute atomic E-state index is 5.62. The van der Waals surface area contributed by atoms with Gasteiger partial charge in [-0.2, -0.15) is 0 Å². The molecule has 0 N–H and O–H groups in total. The second-order valence-corrected chi connectivity index (χ2v) is 4.96. The fraction of sp³-hybridized carbons (Fsp3) is 0.846. The van der Waals surface area contributed by atoms with Crippen molar-refractivity contribution in [3.8, 4) is 0 Å². The van der Waals surface area contributed by atoms with E-state index in [0.29, 0.717) is 18.0 Å². The zero-order valence-corrected chi connectivity index (χ0v) is 11.0. The van der Waals surface area contributed by atoms with Crippen LogP contribution in [0.3, 0.4) is 0 Å². The van der Waals surface area contributed by atoms with E-state index in [1.807, 2.05) is 0 Å². The molecule has 0 amide bonds. The monoisotopic (exact) mass is 238 g/mol. The summed E-state index contributed by atoms with van der Waals surface area (Å²) in [6.45, 7) is 7.87. The summed E-state index contributed by atoms with van der Waals surface area (Å²) in [4.78, 5) is 9.01. The molecule has 0 fully saturated rings. The molecule has 2 aliphatic heterocycles. The largest absolute Gasteiger partial charge is 0.479 e. The molecule has 96 valence electrons. The molecule has 3 atom stereocenters. The predicted octanol–water partition coefficient (Wildman–Crippen LogP) is 2.43. The Morgan fingerprint density at radius 3 is 2.71 bits per heavy atom. The van der Waals surface area contributed by atoms with E-state index in [9.17, 15) is 0 Å². The van der Waals surface area contributed by atoms with Crippen LogP contribution in [-0.4, -0.2) is 37.1 Å². The number of aliphatic imine (C=N–C) groups is 2. The Balaban J connectivity index is 1.78. The maximum Gasteiger partial charge on any atom is 0.186 e. The van der Waals surface area contributed by atoms with Crippen molar-refractivity contribution in [3.05, 3.63) is 0 Å². The van der Waals surface area contributed by atoms with E-state index in [0.717, 1.165) is 44.3 Å². The standard InChI is InChI=1S/C13H22N2O2/c1-4-11-8-17-13(15-11)9(2)5-6-12-14-10(3)7-16-12/h9-11H,4-8H2,1-3H3. The zero-order valence-electron chi connectivity index (χ0n) is 11.0. The molecule has 4 nitrogen and oxygen atoms in total. The third-order valence-corrected chi connectivity index (χ3v) is 3.27. The number of nitrogens with zero attached hydrogens (tertiary/aromatic N) is 2.